The fraction of sp³-hybridized carbons (Fsp3) is 0.619. The molecule has 0 unspecified atom stereocenters. The number of carbonyl (C=O) groups is 1. The Bertz CT molecular complexity index is 788. The summed E-state index contributed by atoms with van der Waals surface area (Å²) in [7, 11) is 0. The van der Waals surface area contributed by atoms with E-state index in [2.05, 4.69) is 25.9 Å². The molecule has 2 heterocycles. The lowest BCUT2D eigenvalue weighted by molar-refractivity contribution is -0.148. The van der Waals surface area contributed by atoms with Crippen LogP contribution in [0, 0.1) is 11.8 Å². The molecule has 1 saturated carbocycles. The highest BCUT2D eigenvalue weighted by atomic mass is 19.1. The molecule has 2 fully saturated rings. The quantitative estimate of drug-likeness (QED) is 0.692. The van der Waals surface area contributed by atoms with Gasteiger partial charge in [0.25, 0.3) is 0 Å². The molecule has 1 aromatic heterocycles. The van der Waals surface area contributed by atoms with Crippen molar-refractivity contribution in [2.45, 2.75) is 56.7 Å². The van der Waals surface area contributed by atoms with Crippen LogP contribution in [0.2, 0.25) is 0 Å². The second kappa shape index (κ2) is 8.98. The maximum atomic E-state index is 15.4. The van der Waals surface area contributed by atoms with E-state index in [1.165, 1.54) is 0 Å². The molecule has 2 aromatic rings. The fourth-order valence-corrected chi connectivity index (χ4v) is 4.69. The Balaban J connectivity index is 1.26. The van der Waals surface area contributed by atoms with Gasteiger partial charge in [-0.05, 0) is 56.0 Å². The Labute approximate surface area is 169 Å². The molecule has 29 heavy (non-hydrogen) atoms. The number of esters is 1. The Morgan fingerprint density at radius 2 is 2.10 bits per heavy atom. The van der Waals surface area contributed by atoms with Gasteiger partial charge in [0.2, 0.25) is 0 Å². The predicted molar refractivity (Wildman–Crippen MR) is 105 cm³/mol. The number of carbonyl (C=O) groups excluding carboxylic acids is 1. The molecule has 2 aliphatic rings. The van der Waals surface area contributed by atoms with Gasteiger partial charge in [-0.25, -0.2) is 4.39 Å². The molecule has 0 spiro atoms. The van der Waals surface area contributed by atoms with Gasteiger partial charge >= 0.3 is 5.97 Å². The minimum atomic E-state index is -1.22. The average Bonchev–Trinajstić information content (AvgIpc) is 3.26. The van der Waals surface area contributed by atoms with Crippen molar-refractivity contribution in [1.29, 1.82) is 0 Å². The standard InChI is InChI=1S/C21H28FN5O2/c22-21(10-7-19-24-26-27-25-19)9-6-16-14-23-18(12-17(16)13-21)20(28)29-11-8-15-4-2-1-3-5-15/h1-5,16-18,23H,6-14H2,(H,24,25,26,27)/t16-,17-,18-,21-/m0/s1. The Morgan fingerprint density at radius 1 is 1.24 bits per heavy atom. The number of aromatic nitrogens is 4. The molecule has 0 radical (unpaired) electrons. The van der Waals surface area contributed by atoms with E-state index in [4.69, 9.17) is 4.74 Å². The smallest absolute Gasteiger partial charge is 0.323 e. The van der Waals surface area contributed by atoms with Crippen LogP contribution < -0.4 is 5.32 Å². The van der Waals surface area contributed by atoms with Crippen LogP contribution in [-0.4, -0.2) is 51.5 Å². The summed E-state index contributed by atoms with van der Waals surface area (Å²) in [5.74, 6) is 0.958. The maximum absolute atomic E-state index is 15.4. The van der Waals surface area contributed by atoms with Gasteiger partial charge in [-0.1, -0.05) is 35.5 Å². The van der Waals surface area contributed by atoms with Crippen LogP contribution in [0.1, 0.15) is 43.5 Å². The van der Waals surface area contributed by atoms with Gasteiger partial charge in [0, 0.05) is 12.8 Å². The van der Waals surface area contributed by atoms with Crippen molar-refractivity contribution in [3.8, 4) is 0 Å². The third-order valence-corrected chi connectivity index (χ3v) is 6.37. The van der Waals surface area contributed by atoms with E-state index >= 15 is 4.39 Å². The topological polar surface area (TPSA) is 92.8 Å². The molecule has 1 aromatic carbocycles. The summed E-state index contributed by atoms with van der Waals surface area (Å²) < 4.78 is 20.9. The van der Waals surface area contributed by atoms with Crippen LogP contribution in [-0.2, 0) is 22.4 Å². The summed E-state index contributed by atoms with van der Waals surface area (Å²) in [6.07, 6.45) is 4.11. The van der Waals surface area contributed by atoms with Crippen molar-refractivity contribution in [1.82, 2.24) is 25.9 Å². The third-order valence-electron chi connectivity index (χ3n) is 6.37. The third kappa shape index (κ3) is 5.18. The molecule has 0 amide bonds. The minimum absolute atomic E-state index is 0.201. The number of aromatic amines is 1. The molecule has 1 aliphatic carbocycles. The Kier molecular flexibility index (Phi) is 6.18. The Hall–Kier alpha value is -2.35. The van der Waals surface area contributed by atoms with Gasteiger partial charge in [-0.15, -0.1) is 10.2 Å². The Morgan fingerprint density at radius 3 is 2.90 bits per heavy atom. The van der Waals surface area contributed by atoms with E-state index in [0.29, 0.717) is 56.9 Å². The van der Waals surface area contributed by atoms with Gasteiger partial charge < -0.3 is 10.1 Å². The normalized spacial score (nSPS) is 29.2. The first kappa shape index (κ1) is 19.9. The van der Waals surface area contributed by atoms with Crippen LogP contribution in [0.3, 0.4) is 0 Å². The van der Waals surface area contributed by atoms with E-state index in [0.717, 1.165) is 18.5 Å². The number of nitrogens with zero attached hydrogens (tertiary/aromatic N) is 3. The molecule has 2 N–H and O–H groups in total. The SMILES string of the molecule is O=C(OCCc1ccccc1)[C@@H]1C[C@H]2C[C@@](F)(CCc3nn[nH]n3)CC[C@H]2CN1. The van der Waals surface area contributed by atoms with Gasteiger partial charge in [0.1, 0.15) is 11.7 Å². The lowest BCUT2D eigenvalue weighted by Gasteiger charge is -2.44. The van der Waals surface area contributed by atoms with E-state index in [1.54, 1.807) is 0 Å². The van der Waals surface area contributed by atoms with E-state index < -0.39 is 5.67 Å². The van der Waals surface area contributed by atoms with E-state index in [1.807, 2.05) is 30.3 Å². The highest BCUT2D eigenvalue weighted by molar-refractivity contribution is 5.76. The van der Waals surface area contributed by atoms with E-state index in [9.17, 15) is 4.79 Å². The van der Waals surface area contributed by atoms with Gasteiger partial charge in [-0.2, -0.15) is 5.21 Å². The number of tetrazole rings is 1. The summed E-state index contributed by atoms with van der Waals surface area (Å²) in [6, 6.07) is 9.63. The number of H-pyrrole nitrogens is 1. The van der Waals surface area contributed by atoms with Crippen LogP contribution in [0.4, 0.5) is 4.39 Å². The molecule has 8 heteroatoms. The van der Waals surface area contributed by atoms with Crippen molar-refractivity contribution < 1.29 is 13.9 Å². The fourth-order valence-electron chi connectivity index (χ4n) is 4.69. The summed E-state index contributed by atoms with van der Waals surface area (Å²) in [4.78, 5) is 12.5. The number of nitrogens with one attached hydrogen (secondary N) is 2. The van der Waals surface area contributed by atoms with Crippen molar-refractivity contribution in [3.05, 3.63) is 41.7 Å². The molecule has 0 bridgehead atoms. The lowest BCUT2D eigenvalue weighted by atomic mass is 9.67. The number of fused-ring (bicyclic) bond motifs is 1. The maximum Gasteiger partial charge on any atom is 0.323 e. The summed E-state index contributed by atoms with van der Waals surface area (Å²) >= 11 is 0. The number of benzene rings is 1. The number of ether oxygens (including phenoxy) is 1. The highest BCUT2D eigenvalue weighted by Crippen LogP contribution is 2.44. The van der Waals surface area contributed by atoms with Crippen molar-refractivity contribution in [3.63, 3.8) is 0 Å². The zero-order valence-corrected chi connectivity index (χ0v) is 16.5. The zero-order chi connectivity index (χ0) is 20.1. The molecule has 7 nitrogen and oxygen atoms in total. The van der Waals surface area contributed by atoms with E-state index in [-0.39, 0.29) is 17.9 Å². The first-order valence-corrected chi connectivity index (χ1v) is 10.5. The van der Waals surface area contributed by atoms with Gasteiger partial charge in [0.05, 0.1) is 6.61 Å². The summed E-state index contributed by atoms with van der Waals surface area (Å²) in [5, 5.41) is 17.1. The molecule has 1 saturated heterocycles. The largest absolute Gasteiger partial charge is 0.464 e. The molecule has 1 aliphatic heterocycles. The number of hydrogen-bond acceptors (Lipinski definition) is 6. The average molecular weight is 401 g/mol. The van der Waals surface area contributed by atoms with Crippen LogP contribution in [0.25, 0.3) is 0 Å². The number of alkyl halides is 1. The molecular formula is C21H28FN5O2. The number of piperidine rings is 1. The number of aryl methyl sites for hydroxylation is 1. The van der Waals surface area contributed by atoms with Crippen LogP contribution in [0.15, 0.2) is 30.3 Å². The number of hydrogen-bond donors (Lipinski definition) is 2. The lowest BCUT2D eigenvalue weighted by Crippen LogP contribution is -2.52. The first-order chi connectivity index (χ1) is 14.1. The first-order valence-electron chi connectivity index (χ1n) is 10.5. The molecular weight excluding hydrogens is 373 g/mol. The highest BCUT2D eigenvalue weighted by Gasteiger charge is 2.44. The molecule has 4 rings (SSSR count). The van der Waals surface area contributed by atoms with Crippen molar-refractivity contribution >= 4 is 5.97 Å². The van der Waals surface area contributed by atoms with Gasteiger partial charge in [0.15, 0.2) is 5.82 Å². The van der Waals surface area contributed by atoms with Gasteiger partial charge in [-0.3, -0.25) is 4.79 Å². The second-order valence-corrected chi connectivity index (χ2v) is 8.34. The minimum Gasteiger partial charge on any atom is -0.464 e. The van der Waals surface area contributed by atoms with Crippen molar-refractivity contribution in [2.24, 2.45) is 11.8 Å². The monoisotopic (exact) mass is 401 g/mol. The number of halogens is 1. The molecule has 156 valence electrons. The summed E-state index contributed by atoms with van der Waals surface area (Å²) in [5.41, 5.74) is -0.0750. The molecule has 4 atom stereocenters. The summed E-state index contributed by atoms with van der Waals surface area (Å²) in [6.45, 7) is 1.12. The predicted octanol–water partition coefficient (Wildman–Crippen LogP) is 2.40. The zero-order valence-electron chi connectivity index (χ0n) is 16.5. The second-order valence-electron chi connectivity index (χ2n) is 8.34. The van der Waals surface area contributed by atoms with Crippen LogP contribution >= 0.6 is 0 Å². The number of rotatable bonds is 7. The van der Waals surface area contributed by atoms with Crippen LogP contribution in [0.5, 0.6) is 0 Å². The van der Waals surface area contributed by atoms with Crippen molar-refractivity contribution in [2.75, 3.05) is 13.2 Å².